The van der Waals surface area contributed by atoms with Crippen LogP contribution >= 0.6 is 11.3 Å². The molecule has 6 heteroatoms. The van der Waals surface area contributed by atoms with Crippen molar-refractivity contribution in [2.24, 2.45) is 0 Å². The van der Waals surface area contributed by atoms with Crippen LogP contribution in [0.2, 0.25) is 0 Å². The molecule has 4 rings (SSSR count). The molecule has 0 aliphatic carbocycles. The second-order valence-corrected chi connectivity index (χ2v) is 8.05. The number of aliphatic hydroxyl groups is 1. The van der Waals surface area contributed by atoms with E-state index in [9.17, 15) is 5.11 Å². The highest BCUT2D eigenvalue weighted by atomic mass is 32.1. The first-order chi connectivity index (χ1) is 13.2. The fourth-order valence-electron chi connectivity index (χ4n) is 3.71. The molecule has 1 aromatic carbocycles. The van der Waals surface area contributed by atoms with Gasteiger partial charge in [-0.3, -0.25) is 4.90 Å². The molecule has 0 bridgehead atoms. The van der Waals surface area contributed by atoms with Gasteiger partial charge in [0.15, 0.2) is 0 Å². The Morgan fingerprint density at radius 2 is 2.15 bits per heavy atom. The quantitative estimate of drug-likeness (QED) is 0.734. The summed E-state index contributed by atoms with van der Waals surface area (Å²) in [6.07, 6.45) is 0. The molecule has 1 aliphatic heterocycles. The Balaban J connectivity index is 1.75. The SMILES string of the molecule is COc1ccc2cc(CN3CCN(C)CC3CO)c(-c3cccs3)nc2c1. The van der Waals surface area contributed by atoms with Crippen molar-refractivity contribution in [1.29, 1.82) is 0 Å². The summed E-state index contributed by atoms with van der Waals surface area (Å²) in [6, 6.07) is 12.6. The summed E-state index contributed by atoms with van der Waals surface area (Å²) >= 11 is 1.71. The third-order valence-corrected chi connectivity index (χ3v) is 6.13. The summed E-state index contributed by atoms with van der Waals surface area (Å²) in [5, 5.41) is 13.0. The lowest BCUT2D eigenvalue weighted by Gasteiger charge is -2.39. The molecule has 0 radical (unpaired) electrons. The minimum absolute atomic E-state index is 0.159. The van der Waals surface area contributed by atoms with Gasteiger partial charge in [-0.05, 0) is 42.3 Å². The van der Waals surface area contributed by atoms with Crippen LogP contribution in [0.5, 0.6) is 5.75 Å². The van der Waals surface area contributed by atoms with Crippen molar-refractivity contribution >= 4 is 22.2 Å². The number of benzene rings is 1. The molecule has 27 heavy (non-hydrogen) atoms. The Labute approximate surface area is 163 Å². The highest BCUT2D eigenvalue weighted by molar-refractivity contribution is 7.13. The number of nitrogens with zero attached hydrogens (tertiary/aromatic N) is 3. The zero-order valence-corrected chi connectivity index (χ0v) is 16.6. The lowest BCUT2D eigenvalue weighted by Crippen LogP contribution is -2.52. The van der Waals surface area contributed by atoms with Gasteiger partial charge in [0.25, 0.3) is 0 Å². The minimum atomic E-state index is 0.159. The zero-order valence-electron chi connectivity index (χ0n) is 15.8. The summed E-state index contributed by atoms with van der Waals surface area (Å²) in [6.45, 7) is 3.83. The van der Waals surface area contributed by atoms with Crippen LogP contribution in [-0.2, 0) is 6.54 Å². The van der Waals surface area contributed by atoms with Gasteiger partial charge < -0.3 is 14.7 Å². The second-order valence-electron chi connectivity index (χ2n) is 7.10. The van der Waals surface area contributed by atoms with Crippen molar-refractivity contribution < 1.29 is 9.84 Å². The highest BCUT2D eigenvalue weighted by Gasteiger charge is 2.26. The molecular weight excluding hydrogens is 358 g/mol. The van der Waals surface area contributed by atoms with E-state index in [1.165, 1.54) is 10.4 Å². The molecule has 1 saturated heterocycles. The molecule has 1 fully saturated rings. The Bertz CT molecular complexity index is 913. The molecule has 5 nitrogen and oxygen atoms in total. The fraction of sp³-hybridized carbons (Fsp3) is 0.381. The number of aromatic nitrogens is 1. The summed E-state index contributed by atoms with van der Waals surface area (Å²) < 4.78 is 5.37. The molecule has 0 amide bonds. The van der Waals surface area contributed by atoms with Crippen LogP contribution in [-0.4, -0.2) is 66.3 Å². The summed E-state index contributed by atoms with van der Waals surface area (Å²) in [5.41, 5.74) is 3.18. The van der Waals surface area contributed by atoms with Crippen molar-refractivity contribution in [2.45, 2.75) is 12.6 Å². The molecule has 1 unspecified atom stereocenters. The number of rotatable bonds is 5. The van der Waals surface area contributed by atoms with Gasteiger partial charge >= 0.3 is 0 Å². The number of pyridine rings is 1. The lowest BCUT2D eigenvalue weighted by atomic mass is 10.1. The highest BCUT2D eigenvalue weighted by Crippen LogP contribution is 2.31. The first-order valence-electron chi connectivity index (χ1n) is 9.23. The maximum atomic E-state index is 9.84. The largest absolute Gasteiger partial charge is 0.497 e. The second kappa shape index (κ2) is 7.94. The van der Waals surface area contributed by atoms with Crippen molar-refractivity contribution in [3.05, 3.63) is 47.3 Å². The molecule has 0 saturated carbocycles. The third-order valence-electron chi connectivity index (χ3n) is 5.25. The number of piperazine rings is 1. The van der Waals surface area contributed by atoms with Crippen molar-refractivity contribution in [1.82, 2.24) is 14.8 Å². The maximum Gasteiger partial charge on any atom is 0.121 e. The first-order valence-corrected chi connectivity index (χ1v) is 10.1. The maximum absolute atomic E-state index is 9.84. The molecule has 3 aromatic rings. The minimum Gasteiger partial charge on any atom is -0.497 e. The van der Waals surface area contributed by atoms with Crippen molar-refractivity contribution in [2.75, 3.05) is 40.4 Å². The van der Waals surface area contributed by atoms with Crippen LogP contribution in [0.15, 0.2) is 41.8 Å². The average Bonchev–Trinajstić information content (AvgIpc) is 3.23. The average molecular weight is 384 g/mol. The Morgan fingerprint density at radius 3 is 2.89 bits per heavy atom. The van der Waals surface area contributed by atoms with Gasteiger partial charge in [-0.15, -0.1) is 11.3 Å². The van der Waals surface area contributed by atoms with Gasteiger partial charge in [0.1, 0.15) is 5.75 Å². The van der Waals surface area contributed by atoms with E-state index in [1.54, 1.807) is 18.4 Å². The number of fused-ring (bicyclic) bond motifs is 1. The molecule has 3 heterocycles. The van der Waals surface area contributed by atoms with E-state index < -0.39 is 0 Å². The number of methoxy groups -OCH3 is 1. The van der Waals surface area contributed by atoms with Gasteiger partial charge in [-0.2, -0.15) is 0 Å². The molecule has 1 N–H and O–H groups in total. The topological polar surface area (TPSA) is 48.8 Å². The van der Waals surface area contributed by atoms with E-state index in [4.69, 9.17) is 9.72 Å². The fourth-order valence-corrected chi connectivity index (χ4v) is 4.46. The Morgan fingerprint density at radius 1 is 1.26 bits per heavy atom. The van der Waals surface area contributed by atoms with Crippen molar-refractivity contribution in [3.63, 3.8) is 0 Å². The number of thiophene rings is 1. The van der Waals surface area contributed by atoms with Gasteiger partial charge in [-0.1, -0.05) is 6.07 Å². The van der Waals surface area contributed by atoms with Crippen LogP contribution in [0.3, 0.4) is 0 Å². The normalized spacial score (nSPS) is 18.9. The smallest absolute Gasteiger partial charge is 0.121 e. The van der Waals surface area contributed by atoms with E-state index >= 15 is 0 Å². The van der Waals surface area contributed by atoms with E-state index in [0.717, 1.165) is 48.5 Å². The molecule has 0 spiro atoms. The zero-order chi connectivity index (χ0) is 18.8. The molecule has 2 aromatic heterocycles. The van der Waals surface area contributed by atoms with E-state index in [1.807, 2.05) is 12.1 Å². The van der Waals surface area contributed by atoms with E-state index in [-0.39, 0.29) is 12.6 Å². The monoisotopic (exact) mass is 383 g/mol. The van der Waals surface area contributed by atoms with Gasteiger partial charge in [0.2, 0.25) is 0 Å². The van der Waals surface area contributed by atoms with E-state index in [0.29, 0.717) is 0 Å². The summed E-state index contributed by atoms with van der Waals surface area (Å²) in [4.78, 5) is 10.8. The molecular formula is C21H25N3O2S. The summed E-state index contributed by atoms with van der Waals surface area (Å²) in [5.74, 6) is 0.819. The van der Waals surface area contributed by atoms with Crippen LogP contribution in [0.1, 0.15) is 5.56 Å². The van der Waals surface area contributed by atoms with Gasteiger partial charge in [0.05, 0.1) is 29.8 Å². The van der Waals surface area contributed by atoms with Crippen LogP contribution < -0.4 is 4.74 Å². The Hall–Kier alpha value is -1.99. The standard InChI is InChI=1S/C21H25N3O2S/c1-23-7-8-24(17(13-23)14-25)12-16-10-15-5-6-18(26-2)11-19(15)22-21(16)20-4-3-9-27-20/h3-6,9-11,17,25H,7-8,12-14H2,1-2H3. The van der Waals surface area contributed by atoms with Crippen LogP contribution in [0.25, 0.3) is 21.5 Å². The third kappa shape index (κ3) is 3.84. The predicted molar refractivity (Wildman–Crippen MR) is 110 cm³/mol. The summed E-state index contributed by atoms with van der Waals surface area (Å²) in [7, 11) is 3.79. The van der Waals surface area contributed by atoms with Crippen LogP contribution in [0, 0.1) is 0 Å². The van der Waals surface area contributed by atoms with Gasteiger partial charge in [-0.25, -0.2) is 4.98 Å². The number of aliphatic hydroxyl groups excluding tert-OH is 1. The number of hydrogen-bond donors (Lipinski definition) is 1. The molecule has 1 atom stereocenters. The van der Waals surface area contributed by atoms with Crippen molar-refractivity contribution in [3.8, 4) is 16.3 Å². The number of hydrogen-bond acceptors (Lipinski definition) is 6. The van der Waals surface area contributed by atoms with Crippen LogP contribution in [0.4, 0.5) is 0 Å². The Kier molecular flexibility index (Phi) is 5.41. The predicted octanol–water partition coefficient (Wildman–Crippen LogP) is 3.08. The first kappa shape index (κ1) is 18.4. The number of likely N-dealkylation sites (N-methyl/N-ethyl adjacent to an activating group) is 1. The molecule has 1 aliphatic rings. The van der Waals surface area contributed by atoms with E-state index in [2.05, 4.69) is 46.5 Å². The number of ether oxygens (including phenoxy) is 1. The lowest BCUT2D eigenvalue weighted by molar-refractivity contribution is 0.0459. The van der Waals surface area contributed by atoms with Gasteiger partial charge in [0, 0.05) is 43.7 Å². The molecule has 142 valence electrons.